The van der Waals surface area contributed by atoms with Crippen LogP contribution in [0.25, 0.3) is 0 Å². The highest BCUT2D eigenvalue weighted by atomic mass is 127. The first-order valence-electron chi connectivity index (χ1n) is 9.53. The molecule has 1 aliphatic carbocycles. The molecule has 5 heteroatoms. The maximum Gasteiger partial charge on any atom is 0.131 e. The van der Waals surface area contributed by atoms with Crippen LogP contribution in [0.1, 0.15) is 24.5 Å². The van der Waals surface area contributed by atoms with Gasteiger partial charge in [0.2, 0.25) is 0 Å². The Labute approximate surface area is 187 Å². The average Bonchev–Trinajstić information content (AvgIpc) is 3.08. The summed E-state index contributed by atoms with van der Waals surface area (Å²) >= 11 is 5.62. The molecule has 2 aromatic rings. The maximum atomic E-state index is 14.7. The summed E-state index contributed by atoms with van der Waals surface area (Å²) in [5, 5.41) is 0. The predicted molar refractivity (Wildman–Crippen MR) is 123 cm³/mol. The third-order valence-corrected chi connectivity index (χ3v) is 6.53. The van der Waals surface area contributed by atoms with E-state index in [0.717, 1.165) is 46.3 Å². The molecule has 4 rings (SSSR count). The fourth-order valence-corrected chi connectivity index (χ4v) is 4.79. The molecule has 0 spiro atoms. The van der Waals surface area contributed by atoms with Gasteiger partial charge >= 0.3 is 0 Å². The highest BCUT2D eigenvalue weighted by Crippen LogP contribution is 2.32. The third kappa shape index (κ3) is 4.86. The molecule has 0 radical (unpaired) electrons. The Bertz CT molecular complexity index is 913. The van der Waals surface area contributed by atoms with E-state index in [0.29, 0.717) is 11.5 Å². The van der Waals surface area contributed by atoms with E-state index in [-0.39, 0.29) is 11.9 Å². The van der Waals surface area contributed by atoms with Crippen LogP contribution in [0, 0.1) is 15.3 Å². The second-order valence-corrected chi connectivity index (χ2v) is 9.52. The smallest absolute Gasteiger partial charge is 0.131 e. The summed E-state index contributed by atoms with van der Waals surface area (Å²) in [5.74, 6) is 1.19. The first-order valence-corrected chi connectivity index (χ1v) is 11.4. The number of hydrogen-bond donors (Lipinski definition) is 0. The van der Waals surface area contributed by atoms with Crippen molar-refractivity contribution < 1.29 is 9.13 Å². The molecule has 2 aromatic carbocycles. The van der Waals surface area contributed by atoms with Crippen molar-refractivity contribution in [3.05, 3.63) is 85.7 Å². The van der Waals surface area contributed by atoms with Gasteiger partial charge in [-0.05, 0) is 65.3 Å². The van der Waals surface area contributed by atoms with Gasteiger partial charge in [-0.3, -0.25) is 4.90 Å². The Morgan fingerprint density at radius 1 is 1.25 bits per heavy atom. The molecule has 1 saturated heterocycles. The minimum atomic E-state index is -0.318. The zero-order valence-electron chi connectivity index (χ0n) is 15.5. The Balaban J connectivity index is 1.49. The molecule has 0 N–H and O–H groups in total. The van der Waals surface area contributed by atoms with E-state index in [1.165, 1.54) is 11.6 Å². The van der Waals surface area contributed by atoms with Crippen molar-refractivity contribution >= 4 is 38.5 Å². The van der Waals surface area contributed by atoms with Crippen LogP contribution in [-0.4, -0.2) is 24.5 Å². The fraction of sp³-hybridized carbons (Fsp3) is 0.304. The first kappa shape index (κ1) is 20.1. The number of allylic oxidation sites excluding steroid dienone is 3. The van der Waals surface area contributed by atoms with Crippen molar-refractivity contribution in [3.63, 3.8) is 0 Å². The summed E-state index contributed by atoms with van der Waals surface area (Å²) < 4.78 is 22.8. The van der Waals surface area contributed by atoms with E-state index in [9.17, 15) is 4.39 Å². The minimum Gasteiger partial charge on any atom is -0.486 e. The highest BCUT2D eigenvalue weighted by Gasteiger charge is 2.28. The molecule has 1 fully saturated rings. The molecule has 2 aliphatic rings. The van der Waals surface area contributed by atoms with Crippen LogP contribution in [0.15, 0.2) is 70.7 Å². The normalized spacial score (nSPS) is 20.0. The van der Waals surface area contributed by atoms with E-state index in [1.807, 2.05) is 36.4 Å². The Morgan fingerprint density at radius 3 is 2.93 bits per heavy atom. The lowest BCUT2D eigenvalue weighted by Crippen LogP contribution is -2.25. The van der Waals surface area contributed by atoms with Crippen molar-refractivity contribution in [2.75, 3.05) is 19.6 Å². The van der Waals surface area contributed by atoms with Gasteiger partial charge in [-0.1, -0.05) is 51.9 Å². The van der Waals surface area contributed by atoms with E-state index in [2.05, 4.69) is 61.6 Å². The minimum absolute atomic E-state index is 0.230. The monoisotopic (exact) mass is 553 g/mol. The maximum absolute atomic E-state index is 14.7. The quantitative estimate of drug-likeness (QED) is 0.377. The van der Waals surface area contributed by atoms with Crippen molar-refractivity contribution in [1.29, 1.82) is 0 Å². The van der Waals surface area contributed by atoms with E-state index in [4.69, 9.17) is 4.74 Å². The molecule has 0 bridgehead atoms. The molecule has 1 heterocycles. The summed E-state index contributed by atoms with van der Waals surface area (Å²) in [6.07, 6.45) is 8.22. The molecule has 1 aliphatic heterocycles. The predicted octanol–water partition coefficient (Wildman–Crippen LogP) is 6.52. The lowest BCUT2D eigenvalue weighted by Gasteiger charge is -2.23. The second kappa shape index (κ2) is 9.09. The zero-order valence-corrected chi connectivity index (χ0v) is 19.2. The summed E-state index contributed by atoms with van der Waals surface area (Å²) in [7, 11) is 0. The van der Waals surface area contributed by atoms with Crippen LogP contribution in [0.5, 0.6) is 5.75 Å². The molecule has 0 saturated carbocycles. The van der Waals surface area contributed by atoms with Crippen molar-refractivity contribution in [2.45, 2.75) is 18.9 Å². The second-order valence-electron chi connectivity index (χ2n) is 7.36. The van der Waals surface area contributed by atoms with Crippen LogP contribution in [0.3, 0.4) is 0 Å². The molecule has 2 unspecified atom stereocenters. The van der Waals surface area contributed by atoms with E-state index in [1.54, 1.807) is 0 Å². The molecular weight excluding hydrogens is 532 g/mol. The van der Waals surface area contributed by atoms with Gasteiger partial charge in [0.05, 0.1) is 0 Å². The topological polar surface area (TPSA) is 12.5 Å². The van der Waals surface area contributed by atoms with Gasteiger partial charge in [-0.15, -0.1) is 0 Å². The number of halogens is 3. The summed E-state index contributed by atoms with van der Waals surface area (Å²) in [4.78, 5) is 2.46. The van der Waals surface area contributed by atoms with Gasteiger partial charge in [0.1, 0.15) is 17.7 Å². The van der Waals surface area contributed by atoms with E-state index < -0.39 is 0 Å². The van der Waals surface area contributed by atoms with Gasteiger partial charge < -0.3 is 4.74 Å². The zero-order chi connectivity index (χ0) is 19.5. The summed E-state index contributed by atoms with van der Waals surface area (Å²) in [6.45, 7) is 2.97. The number of nitrogens with zero attached hydrogens (tertiary/aromatic N) is 1. The molecule has 146 valence electrons. The van der Waals surface area contributed by atoms with Crippen LogP contribution in [0.2, 0.25) is 0 Å². The van der Waals surface area contributed by atoms with Crippen molar-refractivity contribution in [1.82, 2.24) is 4.90 Å². The van der Waals surface area contributed by atoms with Crippen molar-refractivity contribution in [3.8, 4) is 5.75 Å². The number of benzene rings is 2. The Kier molecular flexibility index (Phi) is 6.53. The van der Waals surface area contributed by atoms with E-state index >= 15 is 0 Å². The number of hydrogen-bond acceptors (Lipinski definition) is 2. The molecule has 28 heavy (non-hydrogen) atoms. The Morgan fingerprint density at radius 2 is 2.14 bits per heavy atom. The lowest BCUT2D eigenvalue weighted by molar-refractivity contribution is 0.167. The highest BCUT2D eigenvalue weighted by molar-refractivity contribution is 14.1. The number of ether oxygens (including phenoxy) is 1. The van der Waals surface area contributed by atoms with Gasteiger partial charge in [0.25, 0.3) is 0 Å². The van der Waals surface area contributed by atoms with Crippen LogP contribution < -0.4 is 4.74 Å². The third-order valence-electron chi connectivity index (χ3n) is 5.37. The van der Waals surface area contributed by atoms with Gasteiger partial charge in [-0.25, -0.2) is 4.39 Å². The van der Waals surface area contributed by atoms with Gasteiger partial charge in [0.15, 0.2) is 0 Å². The summed E-state index contributed by atoms with van der Waals surface area (Å²) in [6, 6.07) is 13.1. The summed E-state index contributed by atoms with van der Waals surface area (Å²) in [5.41, 5.74) is 2.13. The average molecular weight is 554 g/mol. The van der Waals surface area contributed by atoms with Crippen molar-refractivity contribution in [2.24, 2.45) is 5.92 Å². The number of fused-ring (bicyclic) bond motifs is 1. The van der Waals surface area contributed by atoms with Crippen LogP contribution in [-0.2, 0) is 0 Å². The molecule has 2 nitrogen and oxygen atoms in total. The number of likely N-dealkylation sites (tertiary alicyclic amines) is 1. The fourth-order valence-electron chi connectivity index (χ4n) is 3.95. The molecule has 0 amide bonds. The SMILES string of the molecule is Fc1cc(Br)ccc1C(CCN1CC2=CC=CCC2C1)Oc1cccc(I)c1. The standard InChI is InChI=1S/C23H22BrFINO/c24-18-8-9-21(22(25)12-18)23(28-20-7-3-6-19(26)13-20)10-11-27-14-16-4-1-2-5-17(16)15-27/h1-4,6-9,12-13,17,23H,5,10-11,14-15H2. The molecular formula is C23H22BrFINO. The lowest BCUT2D eigenvalue weighted by atomic mass is 9.95. The molecule has 0 aromatic heterocycles. The van der Waals surface area contributed by atoms with Gasteiger partial charge in [-0.2, -0.15) is 0 Å². The van der Waals surface area contributed by atoms with Crippen LogP contribution in [0.4, 0.5) is 4.39 Å². The molecule has 2 atom stereocenters. The van der Waals surface area contributed by atoms with Gasteiger partial charge in [0, 0.05) is 39.7 Å². The van der Waals surface area contributed by atoms with Crippen LogP contribution >= 0.6 is 38.5 Å². The Hall–Kier alpha value is -1.18. The largest absolute Gasteiger partial charge is 0.486 e. The number of rotatable bonds is 6. The first-order chi connectivity index (χ1) is 13.6.